The molecule has 1 fully saturated rings. The zero-order valence-electron chi connectivity index (χ0n) is 12.2. The Balaban J connectivity index is 2.13. The van der Waals surface area contributed by atoms with E-state index in [1.807, 2.05) is 31.4 Å². The number of hydrogen-bond acceptors (Lipinski definition) is 4. The van der Waals surface area contributed by atoms with Gasteiger partial charge in [0.15, 0.2) is 0 Å². The van der Waals surface area contributed by atoms with Crippen LogP contribution in [0.3, 0.4) is 0 Å². The van der Waals surface area contributed by atoms with Gasteiger partial charge in [-0.05, 0) is 30.2 Å². The molecule has 0 saturated heterocycles. The minimum absolute atomic E-state index is 0.236. The molecule has 1 unspecified atom stereocenters. The molecule has 3 atom stereocenters. The van der Waals surface area contributed by atoms with E-state index in [0.29, 0.717) is 19.3 Å². The van der Waals surface area contributed by atoms with Crippen molar-refractivity contribution in [3.05, 3.63) is 22.4 Å². The van der Waals surface area contributed by atoms with E-state index in [1.54, 1.807) is 11.3 Å². The van der Waals surface area contributed by atoms with E-state index in [1.165, 1.54) is 0 Å². The van der Waals surface area contributed by atoms with E-state index in [0.717, 1.165) is 4.88 Å². The van der Waals surface area contributed by atoms with E-state index in [-0.39, 0.29) is 5.92 Å². The fraction of sp³-hybridized carbons (Fsp3) is 0.600. The third-order valence-corrected chi connectivity index (χ3v) is 4.79. The van der Waals surface area contributed by atoms with Crippen molar-refractivity contribution in [2.24, 2.45) is 11.8 Å². The summed E-state index contributed by atoms with van der Waals surface area (Å²) in [7, 11) is 0. The molecule has 21 heavy (non-hydrogen) atoms. The van der Waals surface area contributed by atoms with Crippen LogP contribution in [0.25, 0.3) is 0 Å². The highest BCUT2D eigenvalue weighted by molar-refractivity contribution is 7.09. The Hall–Kier alpha value is -1.40. The van der Waals surface area contributed by atoms with Crippen LogP contribution in [0.2, 0.25) is 0 Å². The second-order valence-corrected chi connectivity index (χ2v) is 7.20. The monoisotopic (exact) mass is 311 g/mol. The van der Waals surface area contributed by atoms with Crippen LogP contribution < -0.4 is 5.32 Å². The van der Waals surface area contributed by atoms with E-state index >= 15 is 0 Å². The first kappa shape index (κ1) is 16.0. The van der Waals surface area contributed by atoms with Crippen LogP contribution in [0.5, 0.6) is 0 Å². The molecule has 0 aromatic carbocycles. The van der Waals surface area contributed by atoms with Gasteiger partial charge in [0.05, 0.1) is 5.92 Å². The molecule has 1 aliphatic rings. The third-order valence-electron chi connectivity index (χ3n) is 3.91. The second kappa shape index (κ2) is 6.15. The van der Waals surface area contributed by atoms with Gasteiger partial charge in [-0.1, -0.05) is 19.9 Å². The second-order valence-electron chi connectivity index (χ2n) is 6.17. The smallest absolute Gasteiger partial charge is 0.320 e. The lowest BCUT2D eigenvalue weighted by Gasteiger charge is -2.24. The number of carbonyl (C=O) groups is 2. The number of thiophene rings is 1. The van der Waals surface area contributed by atoms with Crippen LogP contribution >= 0.6 is 11.3 Å². The maximum atomic E-state index is 11.4. The van der Waals surface area contributed by atoms with Gasteiger partial charge in [0.1, 0.15) is 6.04 Å². The van der Waals surface area contributed by atoms with Crippen molar-refractivity contribution in [2.75, 3.05) is 0 Å². The van der Waals surface area contributed by atoms with E-state index in [4.69, 9.17) is 0 Å². The minimum Gasteiger partial charge on any atom is -0.481 e. The first-order valence-electron chi connectivity index (χ1n) is 7.10. The molecule has 5 nitrogen and oxygen atoms in total. The van der Waals surface area contributed by atoms with Gasteiger partial charge in [0, 0.05) is 16.8 Å². The van der Waals surface area contributed by atoms with Crippen LogP contribution in [0, 0.1) is 11.8 Å². The summed E-state index contributed by atoms with van der Waals surface area (Å²) in [5, 5.41) is 23.7. The van der Waals surface area contributed by atoms with Gasteiger partial charge in [-0.15, -0.1) is 11.3 Å². The summed E-state index contributed by atoms with van der Waals surface area (Å²) < 4.78 is 0. The Kier molecular flexibility index (Phi) is 4.68. The van der Waals surface area contributed by atoms with Crippen molar-refractivity contribution in [3.63, 3.8) is 0 Å². The lowest BCUT2D eigenvalue weighted by Crippen LogP contribution is -2.48. The Morgan fingerprint density at radius 1 is 1.48 bits per heavy atom. The van der Waals surface area contributed by atoms with Gasteiger partial charge in [-0.25, -0.2) is 0 Å². The quantitative estimate of drug-likeness (QED) is 0.685. The Bertz CT molecular complexity index is 514. The number of aliphatic carboxylic acids is 2. The van der Waals surface area contributed by atoms with Crippen molar-refractivity contribution >= 4 is 23.3 Å². The molecule has 0 aliphatic heterocycles. The van der Waals surface area contributed by atoms with Crippen molar-refractivity contribution in [3.8, 4) is 0 Å². The molecule has 1 heterocycles. The summed E-state index contributed by atoms with van der Waals surface area (Å²) >= 11 is 1.57. The van der Waals surface area contributed by atoms with E-state index in [9.17, 15) is 19.8 Å². The van der Waals surface area contributed by atoms with Gasteiger partial charge in [0.25, 0.3) is 0 Å². The van der Waals surface area contributed by atoms with Crippen LogP contribution in [0.15, 0.2) is 17.5 Å². The summed E-state index contributed by atoms with van der Waals surface area (Å²) in [6, 6.07) is 3.19. The zero-order chi connectivity index (χ0) is 15.6. The van der Waals surface area contributed by atoms with E-state index < -0.39 is 29.4 Å². The molecular formula is C15H21NO4S. The van der Waals surface area contributed by atoms with Gasteiger partial charge >= 0.3 is 11.9 Å². The topological polar surface area (TPSA) is 86.6 Å². The van der Waals surface area contributed by atoms with Gasteiger partial charge in [-0.3, -0.25) is 14.9 Å². The molecule has 116 valence electrons. The average molecular weight is 311 g/mol. The number of rotatable bonds is 8. The number of nitrogens with one attached hydrogen (secondary N) is 1. The Morgan fingerprint density at radius 3 is 2.62 bits per heavy atom. The first-order valence-corrected chi connectivity index (χ1v) is 7.98. The van der Waals surface area contributed by atoms with Crippen molar-refractivity contribution in [2.45, 2.75) is 44.7 Å². The van der Waals surface area contributed by atoms with Crippen molar-refractivity contribution < 1.29 is 19.8 Å². The fourth-order valence-corrected chi connectivity index (χ4v) is 3.63. The number of carboxylic acids is 2. The van der Waals surface area contributed by atoms with Crippen molar-refractivity contribution in [1.82, 2.24) is 5.32 Å². The van der Waals surface area contributed by atoms with Gasteiger partial charge in [0.2, 0.25) is 0 Å². The summed E-state index contributed by atoms with van der Waals surface area (Å²) in [4.78, 5) is 23.8. The molecule has 0 amide bonds. The summed E-state index contributed by atoms with van der Waals surface area (Å²) in [6.45, 7) is 3.93. The normalized spacial score (nSPS) is 25.8. The summed E-state index contributed by atoms with van der Waals surface area (Å²) in [6.07, 6.45) is 1.56. The summed E-state index contributed by atoms with van der Waals surface area (Å²) in [5.41, 5.74) is -0.616. The molecule has 1 saturated carbocycles. The molecule has 1 aliphatic carbocycles. The zero-order valence-corrected chi connectivity index (χ0v) is 13.0. The lowest BCUT2D eigenvalue weighted by molar-refractivity contribution is -0.142. The fourth-order valence-electron chi connectivity index (χ4n) is 2.80. The highest BCUT2D eigenvalue weighted by atomic mass is 32.1. The standard InChI is InChI=1S/C15H21NO4S/c1-9(2)6-12(14(19)20)16-15(8-11(15)13(17)18)7-10-4-3-5-21-10/h3-5,9,11-12,16H,6-8H2,1-2H3,(H,17,18)(H,19,20)/t11-,12?,15+/m1/s1. The first-order chi connectivity index (χ1) is 9.84. The summed E-state index contributed by atoms with van der Waals surface area (Å²) in [5.74, 6) is -2.04. The van der Waals surface area contributed by atoms with Crippen molar-refractivity contribution in [1.29, 1.82) is 0 Å². The molecule has 1 aromatic rings. The lowest BCUT2D eigenvalue weighted by atomic mass is 10.00. The van der Waals surface area contributed by atoms with Gasteiger partial charge < -0.3 is 10.2 Å². The molecule has 0 bridgehead atoms. The predicted octanol–water partition coefficient (Wildman–Crippen LogP) is 2.22. The highest BCUT2D eigenvalue weighted by Crippen LogP contribution is 2.47. The Morgan fingerprint density at radius 2 is 2.19 bits per heavy atom. The molecule has 0 radical (unpaired) electrons. The third kappa shape index (κ3) is 3.83. The van der Waals surface area contributed by atoms with E-state index in [2.05, 4.69) is 5.32 Å². The molecule has 1 aromatic heterocycles. The number of hydrogen-bond donors (Lipinski definition) is 3. The molecule has 3 N–H and O–H groups in total. The molecular weight excluding hydrogens is 290 g/mol. The molecule has 0 spiro atoms. The van der Waals surface area contributed by atoms with Crippen LogP contribution in [0.4, 0.5) is 0 Å². The predicted molar refractivity (Wildman–Crippen MR) is 80.5 cm³/mol. The van der Waals surface area contributed by atoms with Crippen LogP contribution in [0.1, 0.15) is 31.6 Å². The van der Waals surface area contributed by atoms with Crippen LogP contribution in [-0.4, -0.2) is 33.7 Å². The number of carboxylic acid groups (broad SMARTS) is 2. The highest BCUT2D eigenvalue weighted by Gasteiger charge is 2.59. The van der Waals surface area contributed by atoms with Gasteiger partial charge in [-0.2, -0.15) is 0 Å². The average Bonchev–Trinajstić information content (AvgIpc) is 2.83. The van der Waals surface area contributed by atoms with Crippen LogP contribution in [-0.2, 0) is 16.0 Å². The minimum atomic E-state index is -0.912. The maximum absolute atomic E-state index is 11.4. The SMILES string of the molecule is CC(C)CC(N[C@@]1(Cc2cccs2)C[C@@H]1C(=O)O)C(=O)O. The maximum Gasteiger partial charge on any atom is 0.320 e. The molecule has 2 rings (SSSR count). The molecule has 6 heteroatoms. The Labute approximate surface area is 128 Å². The largest absolute Gasteiger partial charge is 0.481 e.